The maximum atomic E-state index is 6.00. The molecule has 0 aliphatic carbocycles. The zero-order chi connectivity index (χ0) is 15.5. The van der Waals surface area contributed by atoms with Crippen molar-refractivity contribution in [2.75, 3.05) is 0 Å². The van der Waals surface area contributed by atoms with Crippen LogP contribution in [-0.4, -0.2) is 3.34 Å². The quantitative estimate of drug-likeness (QED) is 0.225. The summed E-state index contributed by atoms with van der Waals surface area (Å²) in [6.07, 6.45) is 2.36. The topological polar surface area (TPSA) is 0 Å². The molecule has 2 aromatic carbocycles. The van der Waals surface area contributed by atoms with E-state index in [0.717, 1.165) is 15.3 Å². The second-order valence-corrected chi connectivity index (χ2v) is 69.6. The minimum absolute atomic E-state index is 0.762. The van der Waals surface area contributed by atoms with Gasteiger partial charge in [0.1, 0.15) is 0 Å². The first-order chi connectivity index (χ1) is 9.85. The van der Waals surface area contributed by atoms with Crippen LogP contribution < -0.4 is 0 Å². The van der Waals surface area contributed by atoms with E-state index in [4.69, 9.17) is 23.2 Å². The van der Waals surface area contributed by atoms with Gasteiger partial charge >= 0.3 is 174 Å². The molecule has 0 aliphatic heterocycles. The van der Waals surface area contributed by atoms with Gasteiger partial charge in [-0.1, -0.05) is 0 Å². The van der Waals surface area contributed by atoms with Gasteiger partial charge in [-0.05, 0) is 0 Å². The van der Waals surface area contributed by atoms with Crippen molar-refractivity contribution in [3.63, 3.8) is 0 Å². The molecule has 0 heterocycles. The van der Waals surface area contributed by atoms with Gasteiger partial charge < -0.3 is 0 Å². The summed E-state index contributed by atoms with van der Waals surface area (Å²) in [4.78, 5) is 0. The van der Waals surface area contributed by atoms with Crippen LogP contribution in [0.4, 0.5) is 0 Å². The first-order valence-electron chi connectivity index (χ1n) is 6.14. The second-order valence-electron chi connectivity index (χ2n) is 4.45. The summed E-state index contributed by atoms with van der Waals surface area (Å²) in [6.45, 7) is 0. The molecular formula is C15H11Cl2GeI3. The van der Waals surface area contributed by atoms with Crippen LogP contribution in [0.5, 0.6) is 0 Å². The number of benzene rings is 2. The van der Waals surface area contributed by atoms with E-state index in [9.17, 15) is 0 Å². The van der Waals surface area contributed by atoms with E-state index in [1.165, 1.54) is 16.7 Å². The van der Waals surface area contributed by atoms with Gasteiger partial charge in [-0.2, -0.15) is 0 Å². The van der Waals surface area contributed by atoms with E-state index < -0.39 is 3.34 Å². The van der Waals surface area contributed by atoms with Gasteiger partial charge in [0, 0.05) is 0 Å². The summed E-state index contributed by atoms with van der Waals surface area (Å²) in [5.74, 6) is 0. The van der Waals surface area contributed by atoms with Crippen LogP contribution in [0.1, 0.15) is 11.1 Å². The van der Waals surface area contributed by atoms with E-state index in [-0.39, 0.29) is 0 Å². The standard InChI is InChI=1S/C15H11Cl2GeI3/c16-13-5-1-11(2-6-13)15(9-10-18(19,20)21)12-3-7-14(17)8-4-12/h1-9H,10H2. The Hall–Kier alpha value is 1.49. The van der Waals surface area contributed by atoms with E-state index in [1.807, 2.05) is 24.3 Å². The molecule has 0 aromatic heterocycles. The predicted octanol–water partition coefficient (Wildman–Crippen LogP) is 7.67. The molecule has 0 spiro atoms. The Morgan fingerprint density at radius 1 is 0.810 bits per heavy atom. The van der Waals surface area contributed by atoms with E-state index in [0.29, 0.717) is 0 Å². The van der Waals surface area contributed by atoms with Gasteiger partial charge in [-0.25, -0.2) is 0 Å². The summed E-state index contributed by atoms with van der Waals surface area (Å²) in [5.41, 5.74) is 3.64. The van der Waals surface area contributed by atoms with Crippen molar-refractivity contribution >= 4 is 92.8 Å². The fraction of sp³-hybridized carbons (Fsp3) is 0.0667. The number of hydrogen-bond donors (Lipinski definition) is 0. The molecule has 21 heavy (non-hydrogen) atoms. The van der Waals surface area contributed by atoms with Crippen molar-refractivity contribution in [2.45, 2.75) is 5.25 Å². The molecule has 0 saturated heterocycles. The molecule has 0 unspecified atom stereocenters. The maximum absolute atomic E-state index is 6.00. The van der Waals surface area contributed by atoms with Crippen molar-refractivity contribution in [3.8, 4) is 0 Å². The third kappa shape index (κ3) is 6.48. The van der Waals surface area contributed by atoms with Crippen molar-refractivity contribution in [3.05, 3.63) is 75.8 Å². The van der Waals surface area contributed by atoms with Crippen LogP contribution in [0.25, 0.3) is 5.57 Å². The van der Waals surface area contributed by atoms with Gasteiger partial charge in [0.2, 0.25) is 0 Å². The van der Waals surface area contributed by atoms with Crippen molar-refractivity contribution in [2.24, 2.45) is 0 Å². The van der Waals surface area contributed by atoms with Gasteiger partial charge in [0.25, 0.3) is 0 Å². The van der Waals surface area contributed by atoms with Gasteiger partial charge in [-0.3, -0.25) is 0 Å². The Kier molecular flexibility index (Phi) is 7.66. The fourth-order valence-electron chi connectivity index (χ4n) is 1.88. The SMILES string of the molecule is Clc1ccc(C(=C[CH2][Ge]([I])([I])[I])c2ccc(Cl)cc2)cc1. The molecule has 0 aliphatic rings. The van der Waals surface area contributed by atoms with E-state index >= 15 is 0 Å². The molecule has 0 atom stereocenters. The first kappa shape index (κ1) is 18.8. The van der Waals surface area contributed by atoms with Crippen LogP contribution >= 0.6 is 83.8 Å². The predicted molar refractivity (Wildman–Crippen MR) is 123 cm³/mol. The third-order valence-electron chi connectivity index (χ3n) is 2.85. The van der Waals surface area contributed by atoms with Crippen LogP contribution in [-0.2, 0) is 0 Å². The summed E-state index contributed by atoms with van der Waals surface area (Å²) >= 11 is 19.9. The Balaban J connectivity index is 2.43. The average molecular weight is 715 g/mol. The molecule has 110 valence electrons. The van der Waals surface area contributed by atoms with Crippen LogP contribution in [0.2, 0.25) is 15.3 Å². The number of halogens is 5. The normalized spacial score (nSPS) is 11.3. The van der Waals surface area contributed by atoms with Crippen molar-refractivity contribution in [1.82, 2.24) is 0 Å². The summed E-state index contributed by atoms with van der Waals surface area (Å²) in [6, 6.07) is 16.0. The first-order valence-corrected chi connectivity index (χ1v) is 27.6. The molecule has 0 radical (unpaired) electrons. The molecule has 2 aromatic rings. The molecule has 0 bridgehead atoms. The van der Waals surface area contributed by atoms with E-state index in [1.54, 1.807) is 0 Å². The number of allylic oxidation sites excluding steroid dienone is 1. The Labute approximate surface area is 171 Å². The van der Waals surface area contributed by atoms with Crippen molar-refractivity contribution in [1.29, 1.82) is 0 Å². The fourth-order valence-corrected chi connectivity index (χ4v) is 6.48. The molecule has 2 rings (SSSR count). The molecule has 0 saturated carbocycles. The Morgan fingerprint density at radius 3 is 1.52 bits per heavy atom. The molecule has 0 amide bonds. The summed E-state index contributed by atoms with van der Waals surface area (Å²) < 4.78 is -1.71. The second kappa shape index (κ2) is 8.55. The Morgan fingerprint density at radius 2 is 1.19 bits per heavy atom. The van der Waals surface area contributed by atoms with Gasteiger partial charge in [0.15, 0.2) is 0 Å². The average Bonchev–Trinajstić information content (AvgIpc) is 2.41. The number of rotatable bonds is 4. The van der Waals surface area contributed by atoms with Crippen LogP contribution in [0.15, 0.2) is 54.6 Å². The van der Waals surface area contributed by atoms with Gasteiger partial charge in [-0.15, -0.1) is 0 Å². The molecule has 0 N–H and O–H groups in total. The van der Waals surface area contributed by atoms with E-state index in [2.05, 4.69) is 91.0 Å². The molecule has 6 heteroatoms. The summed E-state index contributed by atoms with van der Waals surface area (Å²) in [5, 5.41) is 2.68. The van der Waals surface area contributed by atoms with Crippen LogP contribution in [0, 0.1) is 0 Å². The molecule has 0 nitrogen and oxygen atoms in total. The number of hydrogen-bond acceptors (Lipinski definition) is 0. The molecular weight excluding hydrogens is 704 g/mol. The monoisotopic (exact) mass is 716 g/mol. The zero-order valence-corrected chi connectivity index (χ0v) is 20.9. The summed E-state index contributed by atoms with van der Waals surface area (Å²) in [7, 11) is 0. The minimum atomic E-state index is -1.71. The Bertz CT molecular complexity index is 584. The van der Waals surface area contributed by atoms with Gasteiger partial charge in [0.05, 0.1) is 0 Å². The van der Waals surface area contributed by atoms with Crippen molar-refractivity contribution < 1.29 is 0 Å². The van der Waals surface area contributed by atoms with Crippen LogP contribution in [0.3, 0.4) is 0 Å². The third-order valence-corrected chi connectivity index (χ3v) is 11.6. The molecule has 0 fully saturated rings. The zero-order valence-electron chi connectivity index (χ0n) is 10.8.